The number of carbonyl (C=O) groups excluding carboxylic acids is 1. The van der Waals surface area contributed by atoms with Gasteiger partial charge in [-0.3, -0.25) is 4.79 Å². The number of rotatable bonds is 5. The maximum atomic E-state index is 11.6. The van der Waals surface area contributed by atoms with Crippen LogP contribution in [0.1, 0.15) is 38.9 Å². The van der Waals surface area contributed by atoms with Crippen molar-refractivity contribution in [1.82, 2.24) is 15.5 Å². The molecule has 0 radical (unpaired) electrons. The van der Waals surface area contributed by atoms with Gasteiger partial charge in [-0.15, -0.1) is 0 Å². The minimum absolute atomic E-state index is 0.147. The molecule has 1 aromatic rings. The Balaban J connectivity index is 2.40. The number of nitrogens with one attached hydrogen (secondary N) is 1. The monoisotopic (exact) mass is 241 g/mol. The molecule has 1 amide bonds. The Morgan fingerprint density at radius 2 is 2.24 bits per heavy atom. The summed E-state index contributed by atoms with van der Waals surface area (Å²) >= 11 is 0. The number of nitrogens with zero attached hydrogens (tertiary/aromatic N) is 2. The topological polar surface area (TPSA) is 88.2 Å². The van der Waals surface area contributed by atoms with Crippen LogP contribution in [0.15, 0.2) is 4.52 Å². The van der Waals surface area contributed by atoms with Crippen molar-refractivity contribution in [2.75, 3.05) is 0 Å². The molecular weight excluding hydrogens is 222 g/mol. The first-order valence-electron chi connectivity index (χ1n) is 5.59. The molecule has 0 fully saturated rings. The van der Waals surface area contributed by atoms with Crippen molar-refractivity contribution in [3.05, 3.63) is 11.7 Å². The molecule has 0 aliphatic heterocycles. The van der Waals surface area contributed by atoms with Crippen LogP contribution >= 0.6 is 0 Å². The molecule has 0 aliphatic carbocycles. The summed E-state index contributed by atoms with van der Waals surface area (Å²) in [6.45, 7) is 6.91. The zero-order valence-electron chi connectivity index (χ0n) is 10.6. The maximum Gasteiger partial charge on any atom is 0.227 e. The summed E-state index contributed by atoms with van der Waals surface area (Å²) in [6, 6.07) is 0. The molecule has 2 N–H and O–H groups in total. The molecular formula is C11H19N3O3. The normalized spacial score (nSPS) is 13.5. The Morgan fingerprint density at radius 3 is 2.71 bits per heavy atom. The molecule has 96 valence electrons. The van der Waals surface area contributed by atoms with E-state index in [9.17, 15) is 9.90 Å². The second-order valence-corrected chi connectivity index (χ2v) is 4.68. The third kappa shape index (κ3) is 4.14. The maximum absolute atomic E-state index is 11.6. The van der Waals surface area contributed by atoms with Crippen LogP contribution in [0.25, 0.3) is 0 Å². The largest absolute Gasteiger partial charge is 0.391 e. The van der Waals surface area contributed by atoms with Gasteiger partial charge in [0.1, 0.15) is 0 Å². The van der Waals surface area contributed by atoms with Crippen LogP contribution in [-0.4, -0.2) is 32.8 Å². The van der Waals surface area contributed by atoms with Crippen molar-refractivity contribution in [3.63, 3.8) is 0 Å². The van der Waals surface area contributed by atoms with E-state index >= 15 is 0 Å². The van der Waals surface area contributed by atoms with Gasteiger partial charge < -0.3 is 14.9 Å². The number of hydrogen-bond donors (Lipinski definition) is 2. The van der Waals surface area contributed by atoms with Crippen molar-refractivity contribution in [1.29, 1.82) is 0 Å². The summed E-state index contributed by atoms with van der Waals surface area (Å²) < 4.78 is 4.90. The van der Waals surface area contributed by atoms with Crippen LogP contribution in [0.2, 0.25) is 0 Å². The Hall–Kier alpha value is -1.43. The number of amides is 1. The first kappa shape index (κ1) is 13.6. The second-order valence-electron chi connectivity index (χ2n) is 4.68. The van der Waals surface area contributed by atoms with Crippen molar-refractivity contribution < 1.29 is 14.4 Å². The molecule has 0 saturated carbocycles. The summed E-state index contributed by atoms with van der Waals surface area (Å²) in [5.41, 5.74) is -0.637. The highest BCUT2D eigenvalue weighted by Gasteiger charge is 2.25. The highest BCUT2D eigenvalue weighted by molar-refractivity contribution is 5.76. The third-order valence-corrected chi connectivity index (χ3v) is 2.64. The average molecular weight is 241 g/mol. The number of carbonyl (C=O) groups is 1. The first-order chi connectivity index (χ1) is 7.81. The van der Waals surface area contributed by atoms with Crippen LogP contribution in [0.4, 0.5) is 0 Å². The molecule has 17 heavy (non-hydrogen) atoms. The lowest BCUT2D eigenvalue weighted by molar-refractivity contribution is -0.124. The van der Waals surface area contributed by atoms with E-state index in [2.05, 4.69) is 15.5 Å². The number of aryl methyl sites for hydroxylation is 2. The Bertz CT molecular complexity index is 385. The predicted octanol–water partition coefficient (Wildman–Crippen LogP) is 0.586. The van der Waals surface area contributed by atoms with Crippen LogP contribution in [0.5, 0.6) is 0 Å². The highest BCUT2D eigenvalue weighted by Crippen LogP contribution is 2.09. The summed E-state index contributed by atoms with van der Waals surface area (Å²) in [6.07, 6.45) is 0.0532. The lowest BCUT2D eigenvalue weighted by Crippen LogP contribution is -2.51. The highest BCUT2D eigenvalue weighted by atomic mass is 16.5. The van der Waals surface area contributed by atoms with Crippen molar-refractivity contribution >= 4 is 5.91 Å². The van der Waals surface area contributed by atoms with Gasteiger partial charge in [0.15, 0.2) is 5.82 Å². The van der Waals surface area contributed by atoms with Crippen molar-refractivity contribution in [2.24, 2.45) is 0 Å². The fourth-order valence-electron chi connectivity index (χ4n) is 1.19. The lowest BCUT2D eigenvalue weighted by Gasteiger charge is -2.29. The fourth-order valence-corrected chi connectivity index (χ4v) is 1.19. The Labute approximate surface area is 100 Å². The minimum atomic E-state index is -0.637. The molecule has 1 unspecified atom stereocenters. The zero-order valence-corrected chi connectivity index (χ0v) is 10.6. The number of aromatic nitrogens is 2. The number of hydrogen-bond acceptors (Lipinski definition) is 5. The quantitative estimate of drug-likeness (QED) is 0.787. The van der Waals surface area contributed by atoms with E-state index in [0.717, 1.165) is 0 Å². The van der Waals surface area contributed by atoms with Crippen molar-refractivity contribution in [2.45, 2.75) is 52.2 Å². The van der Waals surface area contributed by atoms with Crippen LogP contribution in [-0.2, 0) is 11.2 Å². The molecule has 0 bridgehead atoms. The zero-order chi connectivity index (χ0) is 13.1. The molecule has 0 aliphatic rings. The minimum Gasteiger partial charge on any atom is -0.391 e. The standard InChI is InChI=1S/C11H19N3O3/c1-7(15)11(3,4)13-9(16)5-6-10-12-8(2)14-17-10/h7,15H,5-6H2,1-4H3,(H,13,16). The van der Waals surface area contributed by atoms with E-state index in [1.165, 1.54) is 0 Å². The van der Waals surface area contributed by atoms with E-state index in [-0.39, 0.29) is 12.3 Å². The summed E-state index contributed by atoms with van der Waals surface area (Å²) in [5.74, 6) is 0.865. The van der Waals surface area contributed by atoms with Crippen LogP contribution < -0.4 is 5.32 Å². The molecule has 6 nitrogen and oxygen atoms in total. The smallest absolute Gasteiger partial charge is 0.227 e. The molecule has 1 heterocycles. The van der Waals surface area contributed by atoms with E-state index in [0.29, 0.717) is 18.1 Å². The van der Waals surface area contributed by atoms with E-state index in [1.807, 2.05) is 0 Å². The Morgan fingerprint density at radius 1 is 1.59 bits per heavy atom. The first-order valence-corrected chi connectivity index (χ1v) is 5.59. The lowest BCUT2D eigenvalue weighted by atomic mass is 9.98. The fraction of sp³-hybridized carbons (Fsp3) is 0.727. The molecule has 6 heteroatoms. The van der Waals surface area contributed by atoms with Crippen LogP contribution in [0, 0.1) is 6.92 Å². The predicted molar refractivity (Wildman–Crippen MR) is 61.3 cm³/mol. The number of aliphatic hydroxyl groups excluding tert-OH is 1. The second kappa shape index (κ2) is 5.27. The van der Waals surface area contributed by atoms with E-state index < -0.39 is 11.6 Å². The Kier molecular flexibility index (Phi) is 4.22. The molecule has 0 saturated heterocycles. The molecule has 1 aromatic heterocycles. The number of aliphatic hydroxyl groups is 1. The van der Waals surface area contributed by atoms with Gasteiger partial charge in [0.05, 0.1) is 11.6 Å². The van der Waals surface area contributed by atoms with Gasteiger partial charge in [-0.05, 0) is 27.7 Å². The van der Waals surface area contributed by atoms with Crippen molar-refractivity contribution in [3.8, 4) is 0 Å². The van der Waals surface area contributed by atoms with Gasteiger partial charge in [0.2, 0.25) is 11.8 Å². The average Bonchev–Trinajstić information content (AvgIpc) is 2.60. The SMILES string of the molecule is Cc1noc(CCC(=O)NC(C)(C)C(C)O)n1. The molecule has 0 aromatic carbocycles. The summed E-state index contributed by atoms with van der Waals surface area (Å²) in [4.78, 5) is 15.6. The van der Waals surface area contributed by atoms with Gasteiger partial charge in [-0.2, -0.15) is 4.98 Å². The summed E-state index contributed by atoms with van der Waals surface area (Å²) in [5, 5.41) is 15.9. The van der Waals surface area contributed by atoms with Gasteiger partial charge in [-0.1, -0.05) is 5.16 Å². The van der Waals surface area contributed by atoms with Gasteiger partial charge >= 0.3 is 0 Å². The van der Waals surface area contributed by atoms with Gasteiger partial charge in [0.25, 0.3) is 0 Å². The van der Waals surface area contributed by atoms with E-state index in [4.69, 9.17) is 4.52 Å². The van der Waals surface area contributed by atoms with E-state index in [1.54, 1.807) is 27.7 Å². The molecule has 0 spiro atoms. The van der Waals surface area contributed by atoms with Gasteiger partial charge in [0, 0.05) is 12.8 Å². The summed E-state index contributed by atoms with van der Waals surface area (Å²) in [7, 11) is 0. The van der Waals surface area contributed by atoms with Gasteiger partial charge in [-0.25, -0.2) is 0 Å². The molecule has 1 atom stereocenters. The molecule has 1 rings (SSSR count). The third-order valence-electron chi connectivity index (χ3n) is 2.64. The van der Waals surface area contributed by atoms with Crippen LogP contribution in [0.3, 0.4) is 0 Å².